The van der Waals surface area contributed by atoms with Crippen molar-refractivity contribution in [2.45, 2.75) is 26.6 Å². The summed E-state index contributed by atoms with van der Waals surface area (Å²) in [5.41, 5.74) is -0.355. The maximum Gasteiger partial charge on any atom is 0.417 e. The van der Waals surface area contributed by atoms with Crippen molar-refractivity contribution in [3.63, 3.8) is 0 Å². The van der Waals surface area contributed by atoms with Crippen molar-refractivity contribution in [1.82, 2.24) is 9.55 Å². The lowest BCUT2D eigenvalue weighted by atomic mass is 10.0. The lowest BCUT2D eigenvalue weighted by Gasteiger charge is -2.17. The van der Waals surface area contributed by atoms with Crippen LogP contribution < -0.4 is 5.56 Å². The molecule has 0 unspecified atom stereocenters. The minimum absolute atomic E-state index is 0.0429. The van der Waals surface area contributed by atoms with Crippen LogP contribution in [0.5, 0.6) is 0 Å². The van der Waals surface area contributed by atoms with E-state index in [1.54, 1.807) is 5.38 Å². The van der Waals surface area contributed by atoms with Gasteiger partial charge in [0.2, 0.25) is 0 Å². The number of benzene rings is 1. The van der Waals surface area contributed by atoms with Gasteiger partial charge in [-0.25, -0.2) is 4.98 Å². The van der Waals surface area contributed by atoms with Crippen molar-refractivity contribution in [3.8, 4) is 16.8 Å². The number of hydrogen-bond donors (Lipinski definition) is 0. The average molecular weight is 389 g/mol. The molecule has 1 aromatic carbocycles. The Hall–Kier alpha value is -2.92. The quantitative estimate of drug-likeness (QED) is 0.661. The van der Waals surface area contributed by atoms with Crippen LogP contribution in [0.25, 0.3) is 10.7 Å². The number of rotatable bonds is 3. The normalized spacial score (nSPS) is 11.4. The maximum atomic E-state index is 13.4. The topological polar surface area (TPSA) is 58.7 Å². The van der Waals surface area contributed by atoms with Gasteiger partial charge in [-0.2, -0.15) is 18.4 Å². The van der Waals surface area contributed by atoms with Crippen molar-refractivity contribution < 1.29 is 13.2 Å². The third-order valence-corrected chi connectivity index (χ3v) is 4.99. The Morgan fingerprint density at radius 2 is 2.00 bits per heavy atom. The summed E-state index contributed by atoms with van der Waals surface area (Å²) in [7, 11) is 0. The second-order valence-electron chi connectivity index (χ2n) is 6.09. The average Bonchev–Trinajstić information content (AvgIpc) is 3.11. The van der Waals surface area contributed by atoms with Crippen LogP contribution in [0.15, 0.2) is 40.6 Å². The highest BCUT2D eigenvalue weighted by Gasteiger charge is 2.36. The maximum absolute atomic E-state index is 13.4. The van der Waals surface area contributed by atoms with Crippen LogP contribution in [0.2, 0.25) is 0 Å². The molecular formula is C19H14F3N3OS. The van der Waals surface area contributed by atoms with Crippen molar-refractivity contribution in [2.75, 3.05) is 0 Å². The molecule has 8 heteroatoms. The second kappa shape index (κ2) is 7.00. The summed E-state index contributed by atoms with van der Waals surface area (Å²) < 4.78 is 41.3. The minimum atomic E-state index is -4.81. The standard InChI is InChI=1S/C19H14F3N3OS/c1-11-3-4-13(12(2)7-11)10-25-16(17-24-5-6-27-17)8-15(19(20,21)22)14(9-23)18(25)26/h3-8H,10H2,1-2H3. The molecule has 27 heavy (non-hydrogen) atoms. The molecule has 0 saturated carbocycles. The number of hydrogen-bond acceptors (Lipinski definition) is 4. The van der Waals surface area contributed by atoms with Gasteiger partial charge in [-0.15, -0.1) is 11.3 Å². The first kappa shape index (κ1) is 18.9. The molecule has 0 atom stereocenters. The number of aryl methyl sites for hydroxylation is 2. The van der Waals surface area contributed by atoms with Gasteiger partial charge in [-0.3, -0.25) is 4.79 Å². The molecule has 138 valence electrons. The molecule has 0 N–H and O–H groups in total. The molecule has 3 rings (SSSR count). The SMILES string of the molecule is Cc1ccc(Cn2c(-c3nccs3)cc(C(F)(F)F)c(C#N)c2=O)c(C)c1. The van der Waals surface area contributed by atoms with Crippen LogP contribution in [0.4, 0.5) is 13.2 Å². The van der Waals surface area contributed by atoms with Crippen LogP contribution in [-0.4, -0.2) is 9.55 Å². The Kier molecular flexibility index (Phi) is 4.89. The molecule has 0 bridgehead atoms. The molecule has 2 aromatic heterocycles. The molecule has 0 spiro atoms. The lowest BCUT2D eigenvalue weighted by molar-refractivity contribution is -0.137. The van der Waals surface area contributed by atoms with Gasteiger partial charge in [-0.05, 0) is 31.0 Å². The van der Waals surface area contributed by atoms with Gasteiger partial charge in [0.05, 0.1) is 17.8 Å². The van der Waals surface area contributed by atoms with Crippen molar-refractivity contribution in [1.29, 1.82) is 5.26 Å². The number of pyridine rings is 1. The molecule has 4 nitrogen and oxygen atoms in total. The van der Waals surface area contributed by atoms with Gasteiger partial charge in [-0.1, -0.05) is 23.8 Å². The first-order valence-electron chi connectivity index (χ1n) is 7.93. The van der Waals surface area contributed by atoms with Gasteiger partial charge in [0.1, 0.15) is 16.6 Å². The Morgan fingerprint density at radius 1 is 1.26 bits per heavy atom. The third kappa shape index (κ3) is 3.64. The first-order chi connectivity index (χ1) is 12.7. The highest BCUT2D eigenvalue weighted by molar-refractivity contribution is 7.13. The van der Waals surface area contributed by atoms with E-state index >= 15 is 0 Å². The fourth-order valence-electron chi connectivity index (χ4n) is 2.86. The summed E-state index contributed by atoms with van der Waals surface area (Å²) in [5.74, 6) is 0. The van der Waals surface area contributed by atoms with Crippen LogP contribution in [0, 0.1) is 25.2 Å². The van der Waals surface area contributed by atoms with E-state index in [1.165, 1.54) is 16.8 Å². The summed E-state index contributed by atoms with van der Waals surface area (Å²) >= 11 is 1.13. The number of halogens is 3. The predicted molar refractivity (Wildman–Crippen MR) is 96.5 cm³/mol. The Labute approximate surface area is 157 Å². The number of nitrogens with zero attached hydrogens (tertiary/aromatic N) is 3. The van der Waals surface area contributed by atoms with E-state index in [-0.39, 0.29) is 17.2 Å². The van der Waals surface area contributed by atoms with E-state index in [1.807, 2.05) is 32.0 Å². The highest BCUT2D eigenvalue weighted by Crippen LogP contribution is 2.34. The zero-order valence-corrected chi connectivity index (χ0v) is 15.3. The summed E-state index contributed by atoms with van der Waals surface area (Å²) in [4.78, 5) is 16.8. The number of nitriles is 1. The van der Waals surface area contributed by atoms with E-state index in [2.05, 4.69) is 4.98 Å². The molecule has 0 aliphatic rings. The third-order valence-electron chi connectivity index (χ3n) is 4.20. The van der Waals surface area contributed by atoms with Gasteiger partial charge >= 0.3 is 6.18 Å². The molecule has 0 radical (unpaired) electrons. The predicted octanol–water partition coefficient (Wildman–Crippen LogP) is 4.53. The van der Waals surface area contributed by atoms with Crippen LogP contribution in [0.3, 0.4) is 0 Å². The Morgan fingerprint density at radius 3 is 2.56 bits per heavy atom. The van der Waals surface area contributed by atoms with Crippen molar-refractivity contribution in [3.05, 3.63) is 74.0 Å². The summed E-state index contributed by atoms with van der Waals surface area (Å²) in [6, 6.07) is 7.88. The number of aromatic nitrogens is 2. The zero-order valence-electron chi connectivity index (χ0n) is 14.5. The summed E-state index contributed by atoms with van der Waals surface area (Å²) in [6.07, 6.45) is -3.35. The molecular weight excluding hydrogens is 375 g/mol. The molecule has 2 heterocycles. The van der Waals surface area contributed by atoms with Crippen LogP contribution >= 0.6 is 11.3 Å². The van der Waals surface area contributed by atoms with Gasteiger partial charge in [0, 0.05) is 11.6 Å². The van der Waals surface area contributed by atoms with E-state index in [0.717, 1.165) is 34.1 Å². The smallest absolute Gasteiger partial charge is 0.300 e. The second-order valence-corrected chi connectivity index (χ2v) is 6.98. The fourth-order valence-corrected chi connectivity index (χ4v) is 3.52. The molecule has 0 aliphatic heterocycles. The van der Waals surface area contributed by atoms with Gasteiger partial charge in [0.15, 0.2) is 0 Å². The molecule has 0 amide bonds. The molecule has 3 aromatic rings. The summed E-state index contributed by atoms with van der Waals surface area (Å²) in [6.45, 7) is 3.84. The fraction of sp³-hybridized carbons (Fsp3) is 0.211. The van der Waals surface area contributed by atoms with E-state index in [9.17, 15) is 23.2 Å². The highest BCUT2D eigenvalue weighted by atomic mass is 32.1. The molecule has 0 aliphatic carbocycles. The monoisotopic (exact) mass is 389 g/mol. The number of thiazole rings is 1. The van der Waals surface area contributed by atoms with Crippen LogP contribution in [0.1, 0.15) is 27.8 Å². The Balaban J connectivity index is 2.29. The van der Waals surface area contributed by atoms with E-state index < -0.39 is 22.9 Å². The zero-order chi connectivity index (χ0) is 19.8. The van der Waals surface area contributed by atoms with Gasteiger partial charge < -0.3 is 4.57 Å². The molecule has 0 saturated heterocycles. The number of alkyl halides is 3. The lowest BCUT2D eigenvalue weighted by Crippen LogP contribution is -2.28. The summed E-state index contributed by atoms with van der Waals surface area (Å²) in [5, 5.41) is 11.1. The first-order valence-corrected chi connectivity index (χ1v) is 8.81. The van der Waals surface area contributed by atoms with Crippen LogP contribution in [-0.2, 0) is 12.7 Å². The minimum Gasteiger partial charge on any atom is -0.300 e. The molecule has 0 fully saturated rings. The van der Waals surface area contributed by atoms with Crippen molar-refractivity contribution in [2.24, 2.45) is 0 Å². The van der Waals surface area contributed by atoms with E-state index in [4.69, 9.17) is 0 Å². The van der Waals surface area contributed by atoms with E-state index in [0.29, 0.717) is 0 Å². The van der Waals surface area contributed by atoms with Gasteiger partial charge in [0.25, 0.3) is 5.56 Å². The largest absolute Gasteiger partial charge is 0.417 e. The Bertz CT molecular complexity index is 1090. The van der Waals surface area contributed by atoms with Crippen molar-refractivity contribution >= 4 is 11.3 Å².